The van der Waals surface area contributed by atoms with E-state index in [4.69, 9.17) is 0 Å². The number of amides is 2. The number of alkyl halides is 2. The van der Waals surface area contributed by atoms with Crippen molar-refractivity contribution in [1.82, 2.24) is 4.90 Å². The first kappa shape index (κ1) is 18.4. The van der Waals surface area contributed by atoms with E-state index in [2.05, 4.69) is 10.1 Å². The van der Waals surface area contributed by atoms with Gasteiger partial charge in [-0.25, -0.2) is 4.79 Å². The second-order valence-electron chi connectivity index (χ2n) is 5.87. The Bertz CT molecular complexity index is 891. The van der Waals surface area contributed by atoms with Gasteiger partial charge in [0.2, 0.25) is 0 Å². The summed E-state index contributed by atoms with van der Waals surface area (Å²) < 4.78 is 29.4. The molecule has 1 aliphatic rings. The molecular weight excluding hydrogens is 364 g/mol. The third-order valence-electron chi connectivity index (χ3n) is 4.12. The zero-order valence-electron chi connectivity index (χ0n) is 13.9. The second-order valence-corrected chi connectivity index (χ2v) is 5.87. The van der Waals surface area contributed by atoms with Gasteiger partial charge in [0, 0.05) is 25.2 Å². The number of benzene rings is 2. The Morgan fingerprint density at radius 2 is 2.04 bits per heavy atom. The van der Waals surface area contributed by atoms with Gasteiger partial charge in [0.15, 0.2) is 0 Å². The summed E-state index contributed by atoms with van der Waals surface area (Å²) >= 11 is 0. The molecule has 142 valence electrons. The maximum Gasteiger partial charge on any atom is 0.387 e. The van der Waals surface area contributed by atoms with Gasteiger partial charge < -0.3 is 20.1 Å². The number of nitro groups is 1. The van der Waals surface area contributed by atoms with Crippen molar-refractivity contribution >= 4 is 17.4 Å². The summed E-state index contributed by atoms with van der Waals surface area (Å²) in [6.07, 6.45) is 0.554. The number of fused-ring (bicyclic) bond motifs is 1. The number of hydrogen-bond acceptors (Lipinski definition) is 5. The van der Waals surface area contributed by atoms with E-state index in [9.17, 15) is 28.8 Å². The summed E-state index contributed by atoms with van der Waals surface area (Å²) in [6, 6.07) is 7.23. The molecule has 1 aliphatic heterocycles. The number of phenolic OH excluding ortho intramolecular Hbond substituents is 1. The monoisotopic (exact) mass is 379 g/mol. The van der Waals surface area contributed by atoms with Crippen molar-refractivity contribution in [3.63, 3.8) is 0 Å². The third kappa shape index (κ3) is 4.22. The normalized spacial score (nSPS) is 13.2. The molecule has 8 nitrogen and oxygen atoms in total. The average molecular weight is 379 g/mol. The highest BCUT2D eigenvalue weighted by molar-refractivity contribution is 5.91. The van der Waals surface area contributed by atoms with E-state index in [0.717, 1.165) is 29.3 Å². The molecule has 27 heavy (non-hydrogen) atoms. The molecule has 2 amide bonds. The summed E-state index contributed by atoms with van der Waals surface area (Å²) in [5, 5.41) is 22.9. The molecule has 2 aromatic carbocycles. The zero-order chi connectivity index (χ0) is 19.6. The Hall–Kier alpha value is -3.43. The molecule has 1 heterocycles. The van der Waals surface area contributed by atoms with Gasteiger partial charge >= 0.3 is 12.6 Å². The lowest BCUT2D eigenvalue weighted by molar-refractivity contribution is -0.384. The van der Waals surface area contributed by atoms with Crippen LogP contribution in [0.4, 0.5) is 25.0 Å². The fourth-order valence-corrected chi connectivity index (χ4v) is 2.84. The van der Waals surface area contributed by atoms with Gasteiger partial charge in [-0.1, -0.05) is 6.07 Å². The van der Waals surface area contributed by atoms with Crippen LogP contribution in [0, 0.1) is 10.1 Å². The van der Waals surface area contributed by atoms with Crippen molar-refractivity contribution in [3.8, 4) is 11.5 Å². The molecule has 0 saturated carbocycles. The number of ether oxygens (including phenoxy) is 1. The fraction of sp³-hybridized carbons (Fsp3) is 0.235. The minimum absolute atomic E-state index is 0.0716. The zero-order valence-corrected chi connectivity index (χ0v) is 13.9. The topological polar surface area (TPSA) is 105 Å². The summed E-state index contributed by atoms with van der Waals surface area (Å²) in [6.45, 7) is -2.58. The number of non-ortho nitro benzene ring substituents is 1. The van der Waals surface area contributed by atoms with E-state index >= 15 is 0 Å². The number of phenols is 1. The predicted molar refractivity (Wildman–Crippen MR) is 91.0 cm³/mol. The number of anilines is 1. The smallest absolute Gasteiger partial charge is 0.387 e. The molecule has 0 radical (unpaired) electrons. The van der Waals surface area contributed by atoms with Crippen molar-refractivity contribution in [2.75, 3.05) is 11.9 Å². The molecule has 0 aromatic heterocycles. The van der Waals surface area contributed by atoms with Crippen molar-refractivity contribution in [2.24, 2.45) is 0 Å². The van der Waals surface area contributed by atoms with Gasteiger partial charge in [-0.2, -0.15) is 8.78 Å². The molecule has 0 unspecified atom stereocenters. The maximum atomic E-state index is 12.6. The number of urea groups is 1. The number of nitrogens with one attached hydrogen (secondary N) is 1. The highest BCUT2D eigenvalue weighted by Crippen LogP contribution is 2.31. The maximum absolute atomic E-state index is 12.6. The largest absolute Gasteiger partial charge is 0.508 e. The molecule has 2 N–H and O–H groups in total. The van der Waals surface area contributed by atoms with Crippen LogP contribution in [0.5, 0.6) is 11.5 Å². The number of hydrogen-bond donors (Lipinski definition) is 2. The number of halogens is 2. The Morgan fingerprint density at radius 3 is 2.74 bits per heavy atom. The van der Waals surface area contributed by atoms with E-state index in [1.54, 1.807) is 18.2 Å². The van der Waals surface area contributed by atoms with Crippen LogP contribution in [0.25, 0.3) is 0 Å². The van der Waals surface area contributed by atoms with Crippen LogP contribution in [0.3, 0.4) is 0 Å². The molecule has 2 aromatic rings. The van der Waals surface area contributed by atoms with Gasteiger partial charge in [0.1, 0.15) is 11.5 Å². The Morgan fingerprint density at radius 1 is 1.26 bits per heavy atom. The number of nitro benzene ring substituents is 1. The second kappa shape index (κ2) is 7.44. The molecule has 0 aliphatic carbocycles. The quantitative estimate of drug-likeness (QED) is 0.625. The SMILES string of the molecule is O=C(Nc1cc([N+](=O)[O-])ccc1OC(F)F)N1CCc2ccc(O)cc2C1. The highest BCUT2D eigenvalue weighted by Gasteiger charge is 2.23. The first-order valence-electron chi connectivity index (χ1n) is 7.93. The van der Waals surface area contributed by atoms with Crippen LogP contribution in [-0.2, 0) is 13.0 Å². The van der Waals surface area contributed by atoms with E-state index in [1.165, 1.54) is 4.90 Å². The first-order chi connectivity index (χ1) is 12.8. The number of rotatable bonds is 4. The number of carbonyl (C=O) groups is 1. The fourth-order valence-electron chi connectivity index (χ4n) is 2.84. The molecular formula is C17H15F2N3O5. The van der Waals surface area contributed by atoms with Gasteiger partial charge in [-0.3, -0.25) is 10.1 Å². The van der Waals surface area contributed by atoms with E-state index in [1.807, 2.05) is 0 Å². The lowest BCUT2D eigenvalue weighted by Gasteiger charge is -2.29. The van der Waals surface area contributed by atoms with Gasteiger partial charge in [0.25, 0.3) is 5.69 Å². The molecule has 0 saturated heterocycles. The van der Waals surface area contributed by atoms with Crippen LogP contribution in [0.15, 0.2) is 36.4 Å². The lowest BCUT2D eigenvalue weighted by Crippen LogP contribution is -2.38. The highest BCUT2D eigenvalue weighted by atomic mass is 19.3. The van der Waals surface area contributed by atoms with Crippen molar-refractivity contribution in [3.05, 3.63) is 57.6 Å². The first-order valence-corrected chi connectivity index (χ1v) is 7.93. The Kier molecular flexibility index (Phi) is 5.06. The number of aromatic hydroxyl groups is 1. The van der Waals surface area contributed by atoms with Gasteiger partial charge in [0.05, 0.1) is 10.6 Å². The van der Waals surface area contributed by atoms with Crippen molar-refractivity contribution in [1.29, 1.82) is 0 Å². The summed E-state index contributed by atoms with van der Waals surface area (Å²) in [5.74, 6) is -0.304. The summed E-state index contributed by atoms with van der Waals surface area (Å²) in [7, 11) is 0. The Labute approximate surface area is 152 Å². The minimum Gasteiger partial charge on any atom is -0.508 e. The minimum atomic E-state index is -3.15. The molecule has 0 atom stereocenters. The standard InChI is InChI=1S/C17H15F2N3O5/c18-16(19)27-15-4-2-12(22(25)26)8-14(15)20-17(24)21-6-5-10-1-3-13(23)7-11(10)9-21/h1-4,7-8,16,23H,5-6,9H2,(H,20,24). The van der Waals surface area contributed by atoms with Crippen LogP contribution < -0.4 is 10.1 Å². The molecule has 10 heteroatoms. The Balaban J connectivity index is 1.80. The van der Waals surface area contributed by atoms with Gasteiger partial charge in [-0.15, -0.1) is 0 Å². The van der Waals surface area contributed by atoms with Crippen LogP contribution in [-0.4, -0.2) is 34.1 Å². The summed E-state index contributed by atoms with van der Waals surface area (Å²) in [4.78, 5) is 24.1. The average Bonchev–Trinajstić information content (AvgIpc) is 2.61. The summed E-state index contributed by atoms with van der Waals surface area (Å²) in [5.41, 5.74) is 1.16. The van der Waals surface area contributed by atoms with Crippen LogP contribution in [0.1, 0.15) is 11.1 Å². The van der Waals surface area contributed by atoms with Gasteiger partial charge in [-0.05, 0) is 35.7 Å². The van der Waals surface area contributed by atoms with E-state index < -0.39 is 17.6 Å². The predicted octanol–water partition coefficient (Wildman–Crippen LogP) is 3.49. The molecule has 0 fully saturated rings. The third-order valence-corrected chi connectivity index (χ3v) is 4.12. The number of carbonyl (C=O) groups excluding carboxylic acids is 1. The van der Waals surface area contributed by atoms with E-state index in [-0.39, 0.29) is 29.4 Å². The van der Waals surface area contributed by atoms with Crippen LogP contribution >= 0.6 is 0 Å². The van der Waals surface area contributed by atoms with E-state index in [0.29, 0.717) is 13.0 Å². The van der Waals surface area contributed by atoms with Crippen LogP contribution in [0.2, 0.25) is 0 Å². The molecule has 0 spiro atoms. The molecule has 0 bridgehead atoms. The molecule has 3 rings (SSSR count). The van der Waals surface area contributed by atoms with Crippen molar-refractivity contribution < 1.29 is 28.3 Å². The van der Waals surface area contributed by atoms with Crippen molar-refractivity contribution in [2.45, 2.75) is 19.6 Å². The lowest BCUT2D eigenvalue weighted by atomic mass is 10.00. The number of nitrogens with zero attached hydrogens (tertiary/aromatic N) is 2.